The first-order valence-corrected chi connectivity index (χ1v) is 10.6. The van der Waals surface area contributed by atoms with Crippen molar-refractivity contribution in [1.29, 1.82) is 0 Å². The highest BCUT2D eigenvalue weighted by atomic mass is 16.5. The molecule has 0 radical (unpaired) electrons. The zero-order valence-corrected chi connectivity index (χ0v) is 18.7. The monoisotopic (exact) mass is 433 g/mol. The number of ketones is 1. The van der Waals surface area contributed by atoms with Gasteiger partial charge in [0, 0.05) is 46.8 Å². The van der Waals surface area contributed by atoms with Gasteiger partial charge >= 0.3 is 0 Å². The van der Waals surface area contributed by atoms with E-state index in [-0.39, 0.29) is 11.7 Å². The molecule has 0 unspecified atom stereocenters. The van der Waals surface area contributed by atoms with Crippen molar-refractivity contribution in [2.45, 2.75) is 39.0 Å². The second-order valence-corrected chi connectivity index (χ2v) is 8.05. The summed E-state index contributed by atoms with van der Waals surface area (Å²) in [6, 6.07) is 9.14. The number of dihydropyridines is 1. The third-order valence-electron chi connectivity index (χ3n) is 5.93. The molecule has 1 atom stereocenters. The Balaban J connectivity index is 1.84. The lowest BCUT2D eigenvalue weighted by Gasteiger charge is -2.35. The number of hydrogen-bond acceptors (Lipinski definition) is 6. The second kappa shape index (κ2) is 8.86. The molecule has 4 rings (SSSR count). The van der Waals surface area contributed by atoms with Crippen molar-refractivity contribution in [2.75, 3.05) is 19.5 Å². The van der Waals surface area contributed by atoms with Crippen molar-refractivity contribution in [1.82, 2.24) is 10.3 Å². The molecule has 0 spiro atoms. The minimum atomic E-state index is -0.551. The maximum atomic E-state index is 13.5. The quantitative estimate of drug-likeness (QED) is 0.741. The van der Waals surface area contributed by atoms with Gasteiger partial charge in [0.1, 0.15) is 17.3 Å². The average molecular weight is 434 g/mol. The van der Waals surface area contributed by atoms with E-state index in [4.69, 9.17) is 9.47 Å². The van der Waals surface area contributed by atoms with E-state index < -0.39 is 5.92 Å². The second-order valence-electron chi connectivity index (χ2n) is 8.05. The number of nitrogens with zero attached hydrogens (tertiary/aromatic N) is 1. The topological polar surface area (TPSA) is 89.5 Å². The van der Waals surface area contributed by atoms with Gasteiger partial charge in [0.2, 0.25) is 0 Å². The number of ether oxygens (including phenoxy) is 2. The zero-order valence-electron chi connectivity index (χ0n) is 18.7. The van der Waals surface area contributed by atoms with E-state index in [0.717, 1.165) is 29.7 Å². The highest BCUT2D eigenvalue weighted by molar-refractivity contribution is 6.09. The molecule has 0 fully saturated rings. The molecule has 2 N–H and O–H groups in total. The lowest BCUT2D eigenvalue weighted by atomic mass is 9.74. The van der Waals surface area contributed by atoms with Gasteiger partial charge in [-0.3, -0.25) is 9.59 Å². The van der Waals surface area contributed by atoms with Gasteiger partial charge in [-0.25, -0.2) is 4.98 Å². The Morgan fingerprint density at radius 3 is 2.66 bits per heavy atom. The normalized spacial score (nSPS) is 18.1. The summed E-state index contributed by atoms with van der Waals surface area (Å²) in [7, 11) is 3.16. The fourth-order valence-corrected chi connectivity index (χ4v) is 4.44. The van der Waals surface area contributed by atoms with Crippen molar-refractivity contribution in [3.8, 4) is 11.5 Å². The largest absolute Gasteiger partial charge is 0.497 e. The fourth-order valence-electron chi connectivity index (χ4n) is 4.44. The number of Topliss-reactive ketones (excluding diaryl/α,β-unsaturated/α-hetero) is 1. The number of nitrogens with one attached hydrogen (secondary N) is 2. The van der Waals surface area contributed by atoms with Crippen LogP contribution in [0.4, 0.5) is 5.82 Å². The molecule has 0 saturated heterocycles. The number of aromatic nitrogens is 1. The molecule has 2 aromatic rings. The van der Waals surface area contributed by atoms with Crippen LogP contribution in [0.2, 0.25) is 0 Å². The van der Waals surface area contributed by atoms with Gasteiger partial charge in [-0.1, -0.05) is 6.07 Å². The third kappa shape index (κ3) is 3.98. The van der Waals surface area contributed by atoms with Crippen LogP contribution in [-0.4, -0.2) is 30.9 Å². The molecule has 1 amide bonds. The molecule has 2 heterocycles. The van der Waals surface area contributed by atoms with Crippen LogP contribution < -0.4 is 20.1 Å². The summed E-state index contributed by atoms with van der Waals surface area (Å²) < 4.78 is 11.0. The minimum Gasteiger partial charge on any atom is -0.497 e. The molecule has 7 nitrogen and oxygen atoms in total. The fraction of sp³-hybridized carbons (Fsp3) is 0.320. The first-order valence-electron chi connectivity index (χ1n) is 10.6. The van der Waals surface area contributed by atoms with Crippen molar-refractivity contribution in [3.63, 3.8) is 0 Å². The molecule has 2 aliphatic rings. The van der Waals surface area contributed by atoms with Gasteiger partial charge in [-0.15, -0.1) is 0 Å². The van der Waals surface area contributed by atoms with Gasteiger partial charge in [-0.2, -0.15) is 0 Å². The lowest BCUT2D eigenvalue weighted by Crippen LogP contribution is -2.35. The molecule has 7 heteroatoms. The van der Waals surface area contributed by atoms with E-state index in [1.807, 2.05) is 38.1 Å². The predicted octanol–water partition coefficient (Wildman–Crippen LogP) is 4.01. The van der Waals surface area contributed by atoms with Gasteiger partial charge < -0.3 is 20.1 Å². The number of anilines is 1. The van der Waals surface area contributed by atoms with Crippen LogP contribution in [0.15, 0.2) is 59.1 Å². The Kier molecular flexibility index (Phi) is 5.99. The first-order chi connectivity index (χ1) is 15.4. The number of carbonyl (C=O) groups is 2. The third-order valence-corrected chi connectivity index (χ3v) is 5.93. The summed E-state index contributed by atoms with van der Waals surface area (Å²) in [4.78, 5) is 30.9. The van der Waals surface area contributed by atoms with Gasteiger partial charge in [-0.05, 0) is 50.5 Å². The summed E-state index contributed by atoms with van der Waals surface area (Å²) in [5, 5.41) is 6.23. The molecule has 0 saturated carbocycles. The summed E-state index contributed by atoms with van der Waals surface area (Å²) in [5.41, 5.74) is 4.44. The Labute approximate surface area is 187 Å². The van der Waals surface area contributed by atoms with Gasteiger partial charge in [0.05, 0.1) is 20.1 Å². The molecular weight excluding hydrogens is 406 g/mol. The predicted molar refractivity (Wildman–Crippen MR) is 122 cm³/mol. The van der Waals surface area contributed by atoms with Crippen LogP contribution in [0.3, 0.4) is 0 Å². The van der Waals surface area contributed by atoms with E-state index in [0.29, 0.717) is 40.6 Å². The van der Waals surface area contributed by atoms with E-state index in [1.54, 1.807) is 26.5 Å². The molecule has 1 aliphatic carbocycles. The first kappa shape index (κ1) is 21.6. The number of amides is 1. The Hall–Kier alpha value is -3.61. The number of allylic oxidation sites excluding steroid dienone is 3. The molecule has 0 bridgehead atoms. The summed E-state index contributed by atoms with van der Waals surface area (Å²) in [6.07, 6.45) is 3.67. The number of benzene rings is 1. The maximum absolute atomic E-state index is 13.5. The zero-order chi connectivity index (χ0) is 22.8. The average Bonchev–Trinajstić information content (AvgIpc) is 2.77. The molecule has 1 aliphatic heterocycles. The number of hydrogen-bond donors (Lipinski definition) is 2. The van der Waals surface area contributed by atoms with E-state index in [9.17, 15) is 9.59 Å². The lowest BCUT2D eigenvalue weighted by molar-refractivity contribution is -0.116. The minimum absolute atomic E-state index is 0.0492. The number of methoxy groups -OCH3 is 2. The summed E-state index contributed by atoms with van der Waals surface area (Å²) >= 11 is 0. The summed E-state index contributed by atoms with van der Waals surface area (Å²) in [5.74, 6) is 0.858. The van der Waals surface area contributed by atoms with Crippen molar-refractivity contribution < 1.29 is 19.1 Å². The van der Waals surface area contributed by atoms with Crippen LogP contribution in [0, 0.1) is 6.92 Å². The van der Waals surface area contributed by atoms with Gasteiger partial charge in [0.15, 0.2) is 5.78 Å². The Morgan fingerprint density at radius 1 is 1.12 bits per heavy atom. The number of carbonyl (C=O) groups excluding carboxylic acids is 2. The van der Waals surface area contributed by atoms with Crippen LogP contribution in [0.25, 0.3) is 0 Å². The van der Waals surface area contributed by atoms with Gasteiger partial charge in [0.25, 0.3) is 5.91 Å². The summed E-state index contributed by atoms with van der Waals surface area (Å²) in [6.45, 7) is 3.80. The van der Waals surface area contributed by atoms with Crippen LogP contribution in [0.1, 0.15) is 43.2 Å². The number of aryl methyl sites for hydroxylation is 1. The molecule has 166 valence electrons. The highest BCUT2D eigenvalue weighted by Gasteiger charge is 2.39. The Morgan fingerprint density at radius 2 is 1.94 bits per heavy atom. The molecule has 32 heavy (non-hydrogen) atoms. The number of rotatable bonds is 5. The molecule has 1 aromatic carbocycles. The molecule has 1 aromatic heterocycles. The smallest absolute Gasteiger partial charge is 0.255 e. The standard InChI is InChI=1S/C25H27N3O4/c1-14-10-11-26-21(12-14)28-25(30)22-15(2)27-18-6-5-7-19(29)24(18)23(22)17-9-8-16(31-3)13-20(17)32-4/h8-13,23,27H,5-7H2,1-4H3,(H,26,28,30)/t23-/m0/s1. The van der Waals surface area contributed by atoms with Crippen molar-refractivity contribution in [3.05, 3.63) is 70.2 Å². The molecular formula is C25H27N3O4. The van der Waals surface area contributed by atoms with Crippen LogP contribution >= 0.6 is 0 Å². The van der Waals surface area contributed by atoms with Crippen LogP contribution in [-0.2, 0) is 9.59 Å². The Bertz CT molecular complexity index is 1150. The SMILES string of the molecule is COc1ccc([C@H]2C(C(=O)Nc3cc(C)ccn3)=C(C)NC3=C2C(=O)CCC3)c(OC)c1. The van der Waals surface area contributed by atoms with E-state index >= 15 is 0 Å². The highest BCUT2D eigenvalue weighted by Crippen LogP contribution is 2.45. The van der Waals surface area contributed by atoms with Crippen molar-refractivity contribution >= 4 is 17.5 Å². The number of pyridine rings is 1. The van der Waals surface area contributed by atoms with Crippen molar-refractivity contribution in [2.24, 2.45) is 0 Å². The maximum Gasteiger partial charge on any atom is 0.255 e. The van der Waals surface area contributed by atoms with E-state index in [2.05, 4.69) is 15.6 Å². The van der Waals surface area contributed by atoms with Crippen LogP contribution in [0.5, 0.6) is 11.5 Å². The van der Waals surface area contributed by atoms with E-state index in [1.165, 1.54) is 0 Å².